The third-order valence-corrected chi connectivity index (χ3v) is 9.55. The van der Waals surface area contributed by atoms with Crippen LogP contribution in [0.4, 0.5) is 11.5 Å². The lowest BCUT2D eigenvalue weighted by atomic mass is 10.1. The number of fused-ring (bicyclic) bond motifs is 2. The van der Waals surface area contributed by atoms with E-state index in [-0.39, 0.29) is 24.0 Å². The first-order valence-corrected chi connectivity index (χ1v) is 15.0. The van der Waals surface area contributed by atoms with Crippen molar-refractivity contribution >= 4 is 50.9 Å². The Morgan fingerprint density at radius 3 is 2.83 bits per heavy atom. The Balaban J connectivity index is 1.29. The molecule has 4 heterocycles. The molecule has 190 valence electrons. The molecule has 0 radical (unpaired) electrons. The van der Waals surface area contributed by atoms with Gasteiger partial charge in [-0.05, 0) is 48.9 Å². The van der Waals surface area contributed by atoms with Gasteiger partial charge in [-0.25, -0.2) is 9.97 Å². The van der Waals surface area contributed by atoms with E-state index in [0.717, 1.165) is 34.7 Å². The van der Waals surface area contributed by atoms with Crippen LogP contribution in [0.5, 0.6) is 5.75 Å². The maximum Gasteiger partial charge on any atom is 0.260 e. The maximum absolute atomic E-state index is 12.5. The minimum Gasteiger partial charge on any atom is -0.484 e. The lowest BCUT2D eigenvalue weighted by Crippen LogP contribution is -2.33. The Morgan fingerprint density at radius 1 is 1.25 bits per heavy atom. The summed E-state index contributed by atoms with van der Waals surface area (Å²) in [4.78, 5) is 26.7. The van der Waals surface area contributed by atoms with E-state index in [4.69, 9.17) is 21.3 Å². The van der Waals surface area contributed by atoms with E-state index < -0.39 is 10.6 Å². The van der Waals surface area contributed by atoms with Gasteiger partial charge in [0.15, 0.2) is 12.4 Å². The first-order valence-electron chi connectivity index (χ1n) is 11.9. The summed E-state index contributed by atoms with van der Waals surface area (Å²) < 4.78 is 27.5. The van der Waals surface area contributed by atoms with Gasteiger partial charge in [-0.15, -0.1) is 11.3 Å². The Hall–Kier alpha value is -2.37. The van der Waals surface area contributed by atoms with E-state index in [1.807, 2.05) is 37.4 Å². The van der Waals surface area contributed by atoms with E-state index in [1.165, 1.54) is 24.2 Å². The Bertz CT molecular complexity index is 1340. The summed E-state index contributed by atoms with van der Waals surface area (Å²) in [6.45, 7) is 1.49. The molecular weight excluding hydrogens is 520 g/mol. The topological polar surface area (TPSA) is 99.0 Å². The third kappa shape index (κ3) is 4.80. The minimum absolute atomic E-state index is 0.00486. The fraction of sp³-hybridized carbons (Fsp3) is 0.400. The number of ether oxygens (including phenoxy) is 1. The predicted molar refractivity (Wildman–Crippen MR) is 144 cm³/mol. The Labute approximate surface area is 220 Å². The van der Waals surface area contributed by atoms with Crippen molar-refractivity contribution in [2.45, 2.75) is 30.8 Å². The van der Waals surface area contributed by atoms with E-state index in [1.54, 1.807) is 4.90 Å². The van der Waals surface area contributed by atoms with Crippen molar-refractivity contribution in [1.29, 1.82) is 0 Å². The summed E-state index contributed by atoms with van der Waals surface area (Å²) in [7, 11) is -0.960. The normalized spacial score (nSPS) is 18.6. The van der Waals surface area contributed by atoms with Gasteiger partial charge in [-0.1, -0.05) is 17.7 Å². The van der Waals surface area contributed by atoms with Gasteiger partial charge in [0, 0.05) is 37.5 Å². The molecule has 0 bridgehead atoms. The van der Waals surface area contributed by atoms with Gasteiger partial charge in [0.05, 0.1) is 26.4 Å². The SMILES string of the molecule is CN(CC1CC1)C(=O)COc1ccc2c(c1)N(c1nc(-c3ccc(Cl)s3)nc3c1CS(O)(O)C3)CC2. The molecular formula is C25H27ClN4O4S2. The number of benzene rings is 1. The molecule has 2 aliphatic heterocycles. The second kappa shape index (κ2) is 9.18. The number of anilines is 2. The van der Waals surface area contributed by atoms with Crippen molar-refractivity contribution in [3.8, 4) is 16.5 Å². The van der Waals surface area contributed by atoms with Crippen molar-refractivity contribution in [2.75, 3.05) is 31.6 Å². The van der Waals surface area contributed by atoms with Crippen LogP contribution < -0.4 is 9.64 Å². The van der Waals surface area contributed by atoms with Crippen LogP contribution >= 0.6 is 33.5 Å². The molecule has 3 aromatic rings. The Kier molecular flexibility index (Phi) is 6.12. The Morgan fingerprint density at radius 2 is 2.08 bits per heavy atom. The van der Waals surface area contributed by atoms with Gasteiger partial charge < -0.3 is 14.5 Å². The van der Waals surface area contributed by atoms with Crippen LogP contribution in [0.2, 0.25) is 4.34 Å². The molecule has 11 heteroatoms. The van der Waals surface area contributed by atoms with E-state index >= 15 is 0 Å². The lowest BCUT2D eigenvalue weighted by Gasteiger charge is -2.26. The van der Waals surface area contributed by atoms with Crippen LogP contribution in [-0.4, -0.2) is 56.6 Å². The van der Waals surface area contributed by atoms with Gasteiger partial charge in [0.1, 0.15) is 11.6 Å². The van der Waals surface area contributed by atoms with Gasteiger partial charge in [-0.2, -0.15) is 10.6 Å². The monoisotopic (exact) mass is 546 g/mol. The number of rotatable bonds is 7. The molecule has 2 aromatic heterocycles. The van der Waals surface area contributed by atoms with Crippen molar-refractivity contribution in [2.24, 2.45) is 5.92 Å². The molecule has 0 saturated heterocycles. The summed E-state index contributed by atoms with van der Waals surface area (Å²) in [5, 5.41) is 0. The summed E-state index contributed by atoms with van der Waals surface area (Å²) in [6, 6.07) is 9.56. The molecule has 1 saturated carbocycles. The molecule has 1 amide bonds. The number of carbonyl (C=O) groups is 1. The van der Waals surface area contributed by atoms with Crippen molar-refractivity contribution in [3.63, 3.8) is 0 Å². The second-order valence-corrected chi connectivity index (χ2v) is 13.6. The van der Waals surface area contributed by atoms with Crippen LogP contribution in [0, 0.1) is 5.92 Å². The number of carbonyl (C=O) groups excluding carboxylic acids is 1. The number of hydrogen-bond acceptors (Lipinski definition) is 8. The first kappa shape index (κ1) is 24.0. The number of amides is 1. The third-order valence-electron chi connectivity index (χ3n) is 6.83. The quantitative estimate of drug-likeness (QED) is 0.400. The van der Waals surface area contributed by atoms with Gasteiger partial charge in [0.25, 0.3) is 5.91 Å². The fourth-order valence-electron chi connectivity index (χ4n) is 4.77. The number of nitrogens with zero attached hydrogens (tertiary/aromatic N) is 4. The highest BCUT2D eigenvalue weighted by Gasteiger charge is 2.35. The summed E-state index contributed by atoms with van der Waals surface area (Å²) >= 11 is 7.55. The van der Waals surface area contributed by atoms with Crippen molar-refractivity contribution < 1.29 is 18.6 Å². The zero-order valence-corrected chi connectivity index (χ0v) is 22.2. The smallest absolute Gasteiger partial charge is 0.260 e. The van der Waals surface area contributed by atoms with Crippen molar-refractivity contribution in [3.05, 3.63) is 51.5 Å². The average Bonchev–Trinajstić information content (AvgIpc) is 3.23. The zero-order chi connectivity index (χ0) is 25.0. The summed E-state index contributed by atoms with van der Waals surface area (Å²) in [6.07, 6.45) is 3.22. The largest absolute Gasteiger partial charge is 0.484 e. The number of halogens is 1. The highest BCUT2D eigenvalue weighted by Crippen LogP contribution is 2.55. The first-order chi connectivity index (χ1) is 17.3. The number of likely N-dealkylation sites (N-methyl/N-ethyl adjacent to an activating group) is 1. The number of thiophene rings is 1. The van der Waals surface area contributed by atoms with E-state index in [0.29, 0.717) is 39.9 Å². The molecule has 6 rings (SSSR count). The molecule has 1 aliphatic carbocycles. The number of aromatic nitrogens is 2. The second-order valence-electron chi connectivity index (χ2n) is 9.69. The van der Waals surface area contributed by atoms with Crippen LogP contribution in [0.25, 0.3) is 10.7 Å². The lowest BCUT2D eigenvalue weighted by molar-refractivity contribution is -0.132. The van der Waals surface area contributed by atoms with Crippen LogP contribution in [0.1, 0.15) is 29.7 Å². The van der Waals surface area contributed by atoms with Gasteiger partial charge in [0.2, 0.25) is 0 Å². The maximum atomic E-state index is 12.5. The average molecular weight is 547 g/mol. The van der Waals surface area contributed by atoms with E-state index in [2.05, 4.69) is 9.88 Å². The molecule has 2 N–H and O–H groups in total. The van der Waals surface area contributed by atoms with Crippen LogP contribution in [0.3, 0.4) is 0 Å². The summed E-state index contributed by atoms with van der Waals surface area (Å²) in [5.74, 6) is 2.72. The van der Waals surface area contributed by atoms with Crippen molar-refractivity contribution in [1.82, 2.24) is 14.9 Å². The molecule has 0 atom stereocenters. The highest BCUT2D eigenvalue weighted by molar-refractivity contribution is 8.23. The molecule has 1 aromatic carbocycles. The van der Waals surface area contributed by atoms with Gasteiger partial charge in [-0.3, -0.25) is 13.9 Å². The predicted octanol–water partition coefficient (Wildman–Crippen LogP) is 5.56. The fourth-order valence-corrected chi connectivity index (χ4v) is 7.28. The molecule has 0 spiro atoms. The van der Waals surface area contributed by atoms with Crippen LogP contribution in [0.15, 0.2) is 30.3 Å². The standard InChI is InChI=1S/C25H27ClN4O4S2/c1-29(11-15-2-3-15)23(31)12-34-17-5-4-16-8-9-30(20(16)10-17)25-18-13-36(32,33)14-19(18)27-24(28-25)21-6-7-22(26)35-21/h4-7,10,15,32-33H,2-3,8-9,11-14H2,1H3. The van der Waals surface area contributed by atoms with Gasteiger partial charge >= 0.3 is 0 Å². The molecule has 36 heavy (non-hydrogen) atoms. The molecule has 3 aliphatic rings. The molecule has 1 fully saturated rings. The molecule has 8 nitrogen and oxygen atoms in total. The van der Waals surface area contributed by atoms with E-state index in [9.17, 15) is 13.9 Å². The minimum atomic E-state index is -2.79. The zero-order valence-electron chi connectivity index (χ0n) is 19.8. The summed E-state index contributed by atoms with van der Waals surface area (Å²) in [5.41, 5.74) is 3.55. The molecule has 0 unspecified atom stereocenters. The van der Waals surface area contributed by atoms with Crippen LogP contribution in [-0.2, 0) is 22.7 Å². The highest BCUT2D eigenvalue weighted by atomic mass is 35.5. The number of hydrogen-bond donors (Lipinski definition) is 2.